The summed E-state index contributed by atoms with van der Waals surface area (Å²) in [7, 11) is 0. The number of aromatic carboxylic acids is 1. The minimum atomic E-state index is -1.14. The Morgan fingerprint density at radius 3 is 2.42 bits per heavy atom. The molecule has 2 fully saturated rings. The summed E-state index contributed by atoms with van der Waals surface area (Å²) < 4.78 is 1.10. The Bertz CT molecular complexity index is 943. The van der Waals surface area contributed by atoms with Gasteiger partial charge < -0.3 is 20.0 Å². The normalized spacial score (nSPS) is 18.4. The second-order valence-electron chi connectivity index (χ2n) is 8.35. The van der Waals surface area contributed by atoms with E-state index in [-0.39, 0.29) is 17.8 Å². The van der Waals surface area contributed by atoms with Crippen LogP contribution < -0.4 is 4.90 Å². The Hall–Kier alpha value is -2.91. The molecule has 0 atom stereocenters. The Labute approximate surface area is 181 Å². The topological polar surface area (TPSA) is 102 Å². The summed E-state index contributed by atoms with van der Waals surface area (Å²) in [6.07, 6.45) is 2.79. The van der Waals surface area contributed by atoms with E-state index in [0.29, 0.717) is 13.1 Å². The van der Waals surface area contributed by atoms with Crippen molar-refractivity contribution >= 4 is 17.7 Å². The number of benzene rings is 1. The van der Waals surface area contributed by atoms with Crippen molar-refractivity contribution in [2.24, 2.45) is 0 Å². The summed E-state index contributed by atoms with van der Waals surface area (Å²) in [5.41, 5.74) is 3.59. The first-order chi connectivity index (χ1) is 14.9. The van der Waals surface area contributed by atoms with Crippen molar-refractivity contribution in [3.8, 4) is 0 Å². The van der Waals surface area contributed by atoms with Gasteiger partial charge in [0.2, 0.25) is 0 Å². The first-order valence-corrected chi connectivity index (χ1v) is 10.7. The van der Waals surface area contributed by atoms with Crippen LogP contribution in [0, 0.1) is 6.92 Å². The molecule has 0 bridgehead atoms. The van der Waals surface area contributed by atoms with Gasteiger partial charge in [-0.25, -0.2) is 9.59 Å². The Morgan fingerprint density at radius 1 is 1.06 bits per heavy atom. The molecule has 2 saturated heterocycles. The van der Waals surface area contributed by atoms with E-state index in [2.05, 4.69) is 40.0 Å². The van der Waals surface area contributed by atoms with Gasteiger partial charge in [-0.2, -0.15) is 9.78 Å². The van der Waals surface area contributed by atoms with Crippen LogP contribution in [0.1, 0.15) is 34.5 Å². The zero-order valence-corrected chi connectivity index (χ0v) is 17.8. The zero-order valence-electron chi connectivity index (χ0n) is 17.8. The number of hydrogen-bond acceptors (Lipinski definition) is 6. The molecule has 2 aliphatic heterocycles. The SMILES string of the molecule is Cc1ccc(CN2CCN(C(=O)n3ccc(C(=O)O)n3)CC2)c(N2CCC(O)CC2)c1. The first-order valence-electron chi connectivity index (χ1n) is 10.7. The van der Waals surface area contributed by atoms with Crippen molar-refractivity contribution in [3.63, 3.8) is 0 Å². The number of anilines is 1. The van der Waals surface area contributed by atoms with Gasteiger partial charge in [-0.3, -0.25) is 4.90 Å². The van der Waals surface area contributed by atoms with Gasteiger partial charge >= 0.3 is 12.0 Å². The van der Waals surface area contributed by atoms with Crippen LogP contribution in [-0.4, -0.2) is 87.2 Å². The quantitative estimate of drug-likeness (QED) is 0.765. The molecule has 3 heterocycles. The smallest absolute Gasteiger partial charge is 0.356 e. The highest BCUT2D eigenvalue weighted by atomic mass is 16.4. The monoisotopic (exact) mass is 427 g/mol. The fourth-order valence-electron chi connectivity index (χ4n) is 4.24. The number of amides is 1. The minimum Gasteiger partial charge on any atom is -0.476 e. The van der Waals surface area contributed by atoms with Crippen LogP contribution in [0.15, 0.2) is 30.5 Å². The molecule has 0 radical (unpaired) electrons. The van der Waals surface area contributed by atoms with E-state index in [1.807, 2.05) is 0 Å². The van der Waals surface area contributed by atoms with Gasteiger partial charge in [0.1, 0.15) is 0 Å². The number of carbonyl (C=O) groups is 2. The maximum Gasteiger partial charge on any atom is 0.356 e. The predicted molar refractivity (Wildman–Crippen MR) is 115 cm³/mol. The third-order valence-corrected chi connectivity index (χ3v) is 6.09. The maximum absolute atomic E-state index is 12.6. The van der Waals surface area contributed by atoms with Crippen LogP contribution in [0.25, 0.3) is 0 Å². The van der Waals surface area contributed by atoms with Crippen LogP contribution in [0.2, 0.25) is 0 Å². The number of carboxylic acids is 1. The molecule has 9 nitrogen and oxygen atoms in total. The van der Waals surface area contributed by atoms with Crippen molar-refractivity contribution in [2.45, 2.75) is 32.4 Å². The molecule has 0 saturated carbocycles. The number of hydrogen-bond donors (Lipinski definition) is 2. The average Bonchev–Trinajstić information content (AvgIpc) is 3.26. The van der Waals surface area contributed by atoms with Gasteiger partial charge in [-0.05, 0) is 43.0 Å². The lowest BCUT2D eigenvalue weighted by Gasteiger charge is -2.37. The van der Waals surface area contributed by atoms with E-state index >= 15 is 0 Å². The summed E-state index contributed by atoms with van der Waals surface area (Å²) in [6, 6.07) is 7.58. The van der Waals surface area contributed by atoms with Crippen molar-refractivity contribution in [1.82, 2.24) is 19.6 Å². The molecule has 2 aromatic rings. The molecular weight excluding hydrogens is 398 g/mol. The van der Waals surface area contributed by atoms with Crippen molar-refractivity contribution in [2.75, 3.05) is 44.2 Å². The molecule has 1 aromatic heterocycles. The number of rotatable bonds is 4. The molecule has 9 heteroatoms. The third kappa shape index (κ3) is 4.88. The molecule has 1 amide bonds. The molecule has 0 aliphatic carbocycles. The lowest BCUT2D eigenvalue weighted by atomic mass is 10.0. The van der Waals surface area contributed by atoms with E-state index < -0.39 is 5.97 Å². The molecule has 4 rings (SSSR count). The first kappa shape index (κ1) is 21.3. The number of aryl methyl sites for hydroxylation is 1. The number of aliphatic hydroxyl groups excluding tert-OH is 1. The summed E-state index contributed by atoms with van der Waals surface area (Å²) >= 11 is 0. The van der Waals surface area contributed by atoms with Crippen LogP contribution in [0.3, 0.4) is 0 Å². The highest BCUT2D eigenvalue weighted by molar-refractivity contribution is 5.86. The summed E-state index contributed by atoms with van der Waals surface area (Å²) in [5.74, 6) is -1.14. The second-order valence-corrected chi connectivity index (χ2v) is 8.35. The molecule has 0 unspecified atom stereocenters. The van der Waals surface area contributed by atoms with E-state index in [9.17, 15) is 14.7 Å². The lowest BCUT2D eigenvalue weighted by molar-refractivity contribution is 0.0689. The van der Waals surface area contributed by atoms with Gasteiger partial charge in [0.05, 0.1) is 6.10 Å². The molecule has 1 aromatic carbocycles. The van der Waals surface area contributed by atoms with Gasteiger partial charge in [-0.15, -0.1) is 0 Å². The van der Waals surface area contributed by atoms with Crippen molar-refractivity contribution in [1.29, 1.82) is 0 Å². The Morgan fingerprint density at radius 2 is 1.77 bits per heavy atom. The number of piperazine rings is 1. The highest BCUT2D eigenvalue weighted by Crippen LogP contribution is 2.27. The fraction of sp³-hybridized carbons (Fsp3) is 0.500. The van der Waals surface area contributed by atoms with E-state index in [4.69, 9.17) is 5.11 Å². The van der Waals surface area contributed by atoms with E-state index in [1.54, 1.807) is 4.90 Å². The fourth-order valence-corrected chi connectivity index (χ4v) is 4.24. The number of aliphatic hydroxyl groups is 1. The van der Waals surface area contributed by atoms with Gasteiger partial charge in [0.15, 0.2) is 5.69 Å². The van der Waals surface area contributed by atoms with E-state index in [0.717, 1.165) is 50.2 Å². The highest BCUT2D eigenvalue weighted by Gasteiger charge is 2.25. The van der Waals surface area contributed by atoms with Crippen LogP contribution in [0.4, 0.5) is 10.5 Å². The van der Waals surface area contributed by atoms with Gasteiger partial charge in [0.25, 0.3) is 0 Å². The largest absolute Gasteiger partial charge is 0.476 e. The molecule has 166 valence electrons. The van der Waals surface area contributed by atoms with Crippen molar-refractivity contribution in [3.05, 3.63) is 47.3 Å². The van der Waals surface area contributed by atoms with E-state index in [1.165, 1.54) is 29.1 Å². The summed E-state index contributed by atoms with van der Waals surface area (Å²) in [5, 5.41) is 22.7. The second kappa shape index (κ2) is 9.07. The predicted octanol–water partition coefficient (Wildman–Crippen LogP) is 1.64. The number of carbonyl (C=O) groups excluding carboxylic acids is 1. The van der Waals surface area contributed by atoms with Gasteiger partial charge in [0, 0.05) is 57.7 Å². The standard InChI is InChI=1S/C22H29N5O4/c1-16-2-3-17(20(14-16)25-7-4-18(28)5-8-25)15-24-10-12-26(13-11-24)22(31)27-9-6-19(23-27)21(29)30/h2-3,6,9,14,18,28H,4-5,7-8,10-13,15H2,1H3,(H,29,30). The van der Waals surface area contributed by atoms with Gasteiger partial charge in [-0.1, -0.05) is 12.1 Å². The lowest BCUT2D eigenvalue weighted by Crippen LogP contribution is -2.49. The van der Waals surface area contributed by atoms with Crippen LogP contribution in [-0.2, 0) is 6.54 Å². The number of piperidine rings is 1. The van der Waals surface area contributed by atoms with Crippen LogP contribution >= 0.6 is 0 Å². The van der Waals surface area contributed by atoms with Crippen LogP contribution in [0.5, 0.6) is 0 Å². The number of nitrogens with zero attached hydrogens (tertiary/aromatic N) is 5. The number of carboxylic acid groups (broad SMARTS) is 1. The Kier molecular flexibility index (Phi) is 6.24. The zero-order chi connectivity index (χ0) is 22.0. The number of aromatic nitrogens is 2. The van der Waals surface area contributed by atoms with Crippen molar-refractivity contribution < 1.29 is 19.8 Å². The third-order valence-electron chi connectivity index (χ3n) is 6.09. The molecular formula is C22H29N5O4. The molecule has 2 aliphatic rings. The minimum absolute atomic E-state index is 0.135. The summed E-state index contributed by atoms with van der Waals surface area (Å²) in [6.45, 7) is 7.25. The summed E-state index contributed by atoms with van der Waals surface area (Å²) in [4.78, 5) is 30.0. The molecule has 31 heavy (non-hydrogen) atoms. The molecule has 0 spiro atoms. The molecule has 2 N–H and O–H groups in total. The maximum atomic E-state index is 12.6. The average molecular weight is 428 g/mol. The Balaban J connectivity index is 1.37.